The third-order valence-electron chi connectivity index (χ3n) is 3.88. The topological polar surface area (TPSA) is 141 Å². The molecule has 0 atom stereocenters. The van der Waals surface area contributed by atoms with E-state index in [1.807, 2.05) is 0 Å². The smallest absolute Gasteiger partial charge is 0.283 e. The first-order chi connectivity index (χ1) is 13.9. The molecule has 0 amide bonds. The Balaban J connectivity index is 1.58. The zero-order chi connectivity index (χ0) is 20.4. The van der Waals surface area contributed by atoms with E-state index in [0.717, 1.165) is 24.3 Å². The molecular weight excluding hydrogens is 400 g/mol. The third kappa shape index (κ3) is 3.84. The summed E-state index contributed by atoms with van der Waals surface area (Å²) in [5, 5.41) is 18.6. The van der Waals surface area contributed by atoms with Gasteiger partial charge >= 0.3 is 0 Å². The maximum Gasteiger partial charge on any atom is 0.283 e. The first kappa shape index (κ1) is 18.4. The second-order valence-electron chi connectivity index (χ2n) is 5.83. The van der Waals surface area contributed by atoms with E-state index in [1.54, 1.807) is 30.3 Å². The summed E-state index contributed by atoms with van der Waals surface area (Å²) < 4.78 is 38.3. The van der Waals surface area contributed by atoms with Gasteiger partial charge in [-0.3, -0.25) is 14.8 Å². The number of benzene rings is 2. The van der Waals surface area contributed by atoms with E-state index < -0.39 is 14.9 Å². The number of nitro benzene ring substituents is 1. The number of non-ortho nitro benzene ring substituents is 1. The summed E-state index contributed by atoms with van der Waals surface area (Å²) in [5.74, 6) is 0.799. The molecule has 10 nitrogen and oxygen atoms in total. The van der Waals surface area contributed by atoms with Crippen molar-refractivity contribution in [3.05, 3.63) is 77.0 Å². The first-order valence-corrected chi connectivity index (χ1v) is 9.66. The zero-order valence-corrected chi connectivity index (χ0v) is 15.4. The van der Waals surface area contributed by atoms with E-state index in [-0.39, 0.29) is 28.1 Å². The SMILES string of the molecule is O=[N+]([O-])c1ccc(S(=O)(=O)Nc2cccc(-c3nnc(-c4ccco4)o3)c2)cc1. The molecular formula is C18H12N4O6S. The first-order valence-electron chi connectivity index (χ1n) is 8.17. The number of rotatable bonds is 6. The van der Waals surface area contributed by atoms with Crippen molar-refractivity contribution in [2.45, 2.75) is 4.90 Å². The van der Waals surface area contributed by atoms with Gasteiger partial charge in [0.05, 0.1) is 16.1 Å². The predicted octanol–water partition coefficient (Wildman–Crippen LogP) is 3.71. The van der Waals surface area contributed by atoms with Crippen molar-refractivity contribution < 1.29 is 22.2 Å². The van der Waals surface area contributed by atoms with E-state index >= 15 is 0 Å². The molecule has 0 radical (unpaired) electrons. The minimum atomic E-state index is -3.94. The Kier molecular flexibility index (Phi) is 4.56. The zero-order valence-electron chi connectivity index (χ0n) is 14.6. The fourth-order valence-corrected chi connectivity index (χ4v) is 3.57. The number of hydrogen-bond donors (Lipinski definition) is 1. The summed E-state index contributed by atoms with van der Waals surface area (Å²) in [6.45, 7) is 0. The number of furan rings is 1. The molecule has 0 unspecified atom stereocenters. The van der Waals surface area contributed by atoms with Gasteiger partial charge in [-0.2, -0.15) is 0 Å². The maximum absolute atomic E-state index is 12.5. The van der Waals surface area contributed by atoms with Crippen molar-refractivity contribution in [2.75, 3.05) is 4.72 Å². The van der Waals surface area contributed by atoms with Crippen LogP contribution in [0.4, 0.5) is 11.4 Å². The van der Waals surface area contributed by atoms with Crippen LogP contribution in [0, 0.1) is 10.1 Å². The van der Waals surface area contributed by atoms with Gasteiger partial charge in [-0.25, -0.2) is 8.42 Å². The van der Waals surface area contributed by atoms with Gasteiger partial charge in [-0.05, 0) is 42.5 Å². The van der Waals surface area contributed by atoms with Crippen LogP contribution >= 0.6 is 0 Å². The second-order valence-corrected chi connectivity index (χ2v) is 7.51. The fourth-order valence-electron chi connectivity index (χ4n) is 2.52. The molecule has 2 aromatic heterocycles. The lowest BCUT2D eigenvalue weighted by Crippen LogP contribution is -2.12. The normalized spacial score (nSPS) is 11.3. The fraction of sp³-hybridized carbons (Fsp3) is 0. The lowest BCUT2D eigenvalue weighted by atomic mass is 10.2. The van der Waals surface area contributed by atoms with E-state index in [0.29, 0.717) is 11.3 Å². The summed E-state index contributed by atoms with van der Waals surface area (Å²) in [5.41, 5.74) is 0.563. The van der Waals surface area contributed by atoms with Crippen LogP contribution < -0.4 is 4.72 Å². The number of anilines is 1. The third-order valence-corrected chi connectivity index (χ3v) is 5.27. The van der Waals surface area contributed by atoms with Crippen LogP contribution in [-0.2, 0) is 10.0 Å². The molecule has 2 aromatic carbocycles. The highest BCUT2D eigenvalue weighted by Crippen LogP contribution is 2.27. The molecule has 0 spiro atoms. The Bertz CT molecular complexity index is 1260. The average Bonchev–Trinajstić information content (AvgIpc) is 3.40. The highest BCUT2D eigenvalue weighted by molar-refractivity contribution is 7.92. The van der Waals surface area contributed by atoms with Gasteiger partial charge in [0.15, 0.2) is 5.76 Å². The van der Waals surface area contributed by atoms with E-state index in [9.17, 15) is 18.5 Å². The van der Waals surface area contributed by atoms with Gasteiger partial charge in [-0.15, -0.1) is 10.2 Å². The van der Waals surface area contributed by atoms with Gasteiger partial charge in [0.1, 0.15) is 0 Å². The van der Waals surface area contributed by atoms with Crippen molar-refractivity contribution in [3.8, 4) is 23.1 Å². The monoisotopic (exact) mass is 412 g/mol. The summed E-state index contributed by atoms with van der Waals surface area (Å²) >= 11 is 0. The molecule has 0 fully saturated rings. The van der Waals surface area contributed by atoms with E-state index in [4.69, 9.17) is 8.83 Å². The van der Waals surface area contributed by atoms with Crippen LogP contribution in [0.1, 0.15) is 0 Å². The Morgan fingerprint density at radius 3 is 2.41 bits per heavy atom. The molecule has 0 saturated carbocycles. The minimum Gasteiger partial charge on any atom is -0.459 e. The van der Waals surface area contributed by atoms with Crippen molar-refractivity contribution >= 4 is 21.4 Å². The van der Waals surface area contributed by atoms with Gasteiger partial charge < -0.3 is 8.83 Å². The Labute approximate surface area is 164 Å². The van der Waals surface area contributed by atoms with Crippen molar-refractivity contribution in [1.82, 2.24) is 10.2 Å². The van der Waals surface area contributed by atoms with Crippen LogP contribution in [0.2, 0.25) is 0 Å². The Morgan fingerprint density at radius 2 is 1.72 bits per heavy atom. The summed E-state index contributed by atoms with van der Waals surface area (Å²) in [7, 11) is -3.94. The van der Waals surface area contributed by atoms with Crippen molar-refractivity contribution in [2.24, 2.45) is 0 Å². The van der Waals surface area contributed by atoms with E-state index in [1.165, 1.54) is 12.3 Å². The number of sulfonamides is 1. The predicted molar refractivity (Wildman–Crippen MR) is 101 cm³/mol. The molecule has 0 aliphatic carbocycles. The highest BCUT2D eigenvalue weighted by Gasteiger charge is 2.17. The Hall–Kier alpha value is -3.99. The van der Waals surface area contributed by atoms with Gasteiger partial charge in [-0.1, -0.05) is 6.07 Å². The molecule has 0 saturated heterocycles. The molecule has 29 heavy (non-hydrogen) atoms. The number of hydrogen-bond acceptors (Lipinski definition) is 8. The van der Waals surface area contributed by atoms with Gasteiger partial charge in [0.2, 0.25) is 5.89 Å². The van der Waals surface area contributed by atoms with Crippen LogP contribution in [0.5, 0.6) is 0 Å². The number of nitrogens with one attached hydrogen (secondary N) is 1. The summed E-state index contributed by atoms with van der Waals surface area (Å²) in [6, 6.07) is 14.3. The largest absolute Gasteiger partial charge is 0.459 e. The number of aromatic nitrogens is 2. The quantitative estimate of drug-likeness (QED) is 0.373. The molecule has 4 rings (SSSR count). The molecule has 146 valence electrons. The molecule has 4 aromatic rings. The minimum absolute atomic E-state index is 0.105. The molecule has 1 N–H and O–H groups in total. The van der Waals surface area contributed by atoms with Gasteiger partial charge in [0, 0.05) is 23.4 Å². The summed E-state index contributed by atoms with van der Waals surface area (Å²) in [6.07, 6.45) is 1.48. The second kappa shape index (κ2) is 7.20. The maximum atomic E-state index is 12.5. The highest BCUT2D eigenvalue weighted by atomic mass is 32.2. The Morgan fingerprint density at radius 1 is 0.966 bits per heavy atom. The van der Waals surface area contributed by atoms with Crippen LogP contribution in [0.25, 0.3) is 23.1 Å². The standard InChI is InChI=1S/C18H12N4O6S/c23-22(24)14-6-8-15(9-7-14)29(25,26)21-13-4-1-3-12(11-13)17-19-20-18(28-17)16-5-2-10-27-16/h1-11,21H. The van der Waals surface area contributed by atoms with E-state index in [2.05, 4.69) is 14.9 Å². The molecule has 0 aliphatic heterocycles. The van der Waals surface area contributed by atoms with Crippen LogP contribution in [0.15, 0.2) is 80.7 Å². The lowest BCUT2D eigenvalue weighted by molar-refractivity contribution is -0.384. The van der Waals surface area contributed by atoms with Crippen molar-refractivity contribution in [3.63, 3.8) is 0 Å². The van der Waals surface area contributed by atoms with Crippen LogP contribution in [-0.4, -0.2) is 23.5 Å². The number of nitro groups is 1. The average molecular weight is 412 g/mol. The summed E-state index contributed by atoms with van der Waals surface area (Å²) in [4.78, 5) is 10.0. The molecule has 11 heteroatoms. The molecule has 2 heterocycles. The van der Waals surface area contributed by atoms with Crippen molar-refractivity contribution in [1.29, 1.82) is 0 Å². The van der Waals surface area contributed by atoms with Crippen LogP contribution in [0.3, 0.4) is 0 Å². The lowest BCUT2D eigenvalue weighted by Gasteiger charge is -2.08. The van der Waals surface area contributed by atoms with Gasteiger partial charge in [0.25, 0.3) is 21.6 Å². The number of nitrogens with zero attached hydrogens (tertiary/aromatic N) is 3. The molecule has 0 bridgehead atoms. The molecule has 0 aliphatic rings.